The molecule has 3 rings (SSSR count). The number of nitrogens with zero attached hydrogens (tertiary/aromatic N) is 3. The van der Waals surface area contributed by atoms with Crippen LogP contribution in [0.4, 0.5) is 10.5 Å². The maximum absolute atomic E-state index is 12.4. The summed E-state index contributed by atoms with van der Waals surface area (Å²) in [6.07, 6.45) is -1.09. The van der Waals surface area contributed by atoms with Gasteiger partial charge in [0.15, 0.2) is 0 Å². The Bertz CT molecular complexity index is 709. The number of urea groups is 1. The second kappa shape index (κ2) is 5.85. The van der Waals surface area contributed by atoms with Crippen molar-refractivity contribution in [3.8, 4) is 6.07 Å². The molecule has 0 aliphatic carbocycles. The third kappa shape index (κ3) is 2.63. The number of nitriles is 1. The Morgan fingerprint density at radius 2 is 1.82 bits per heavy atom. The molecule has 1 aliphatic rings. The fraction of sp³-hybridized carbons (Fsp3) is 0.125. The van der Waals surface area contributed by atoms with Crippen LogP contribution in [0.2, 0.25) is 0 Å². The predicted octanol–water partition coefficient (Wildman–Crippen LogP) is 1.78. The molecule has 0 radical (unpaired) electrons. The van der Waals surface area contributed by atoms with Crippen LogP contribution in [0.5, 0.6) is 0 Å². The van der Waals surface area contributed by atoms with Crippen molar-refractivity contribution in [3.05, 3.63) is 65.7 Å². The van der Waals surface area contributed by atoms with Gasteiger partial charge in [-0.15, -0.1) is 0 Å². The summed E-state index contributed by atoms with van der Waals surface area (Å²) in [6, 6.07) is 17.7. The van der Waals surface area contributed by atoms with E-state index >= 15 is 0 Å². The average Bonchev–Trinajstić information content (AvgIpc) is 2.84. The second-order valence-corrected chi connectivity index (χ2v) is 4.89. The highest BCUT2D eigenvalue weighted by Gasteiger charge is 2.36. The molecule has 1 atom stereocenters. The van der Waals surface area contributed by atoms with Gasteiger partial charge >= 0.3 is 6.03 Å². The van der Waals surface area contributed by atoms with E-state index in [0.29, 0.717) is 17.8 Å². The van der Waals surface area contributed by atoms with Crippen LogP contribution in [0.25, 0.3) is 0 Å². The number of hydrogen-bond acceptors (Lipinski definition) is 4. The summed E-state index contributed by atoms with van der Waals surface area (Å²) >= 11 is 0. The quantitative estimate of drug-likeness (QED) is 0.904. The van der Waals surface area contributed by atoms with Crippen LogP contribution < -0.4 is 10.4 Å². The van der Waals surface area contributed by atoms with Crippen molar-refractivity contribution >= 4 is 11.7 Å². The molecule has 1 unspecified atom stereocenters. The first-order valence-corrected chi connectivity index (χ1v) is 6.78. The van der Waals surface area contributed by atoms with Crippen molar-refractivity contribution in [3.63, 3.8) is 0 Å². The zero-order chi connectivity index (χ0) is 15.5. The normalized spacial score (nSPS) is 17.6. The molecule has 1 saturated heterocycles. The van der Waals surface area contributed by atoms with Crippen molar-refractivity contribution in [2.75, 3.05) is 5.01 Å². The number of aliphatic hydroxyl groups excluding tert-OH is 1. The largest absolute Gasteiger partial charge is 0.359 e. The molecule has 0 saturated carbocycles. The molecular formula is C16H14N4O2. The van der Waals surface area contributed by atoms with E-state index in [0.717, 1.165) is 5.56 Å². The molecule has 2 N–H and O–H groups in total. The van der Waals surface area contributed by atoms with Crippen LogP contribution >= 0.6 is 0 Å². The van der Waals surface area contributed by atoms with Crippen molar-refractivity contribution in [2.45, 2.75) is 12.9 Å². The summed E-state index contributed by atoms with van der Waals surface area (Å²) in [7, 11) is 0. The topological polar surface area (TPSA) is 79.6 Å². The minimum Gasteiger partial charge on any atom is -0.359 e. The molecule has 2 aromatic rings. The van der Waals surface area contributed by atoms with Gasteiger partial charge in [0.1, 0.15) is 0 Å². The lowest BCUT2D eigenvalue weighted by atomic mass is 10.2. The number of amides is 2. The van der Waals surface area contributed by atoms with Crippen LogP contribution in [0.15, 0.2) is 54.6 Å². The van der Waals surface area contributed by atoms with Crippen molar-refractivity contribution in [1.29, 1.82) is 5.26 Å². The molecule has 22 heavy (non-hydrogen) atoms. The van der Waals surface area contributed by atoms with E-state index in [1.165, 1.54) is 9.91 Å². The van der Waals surface area contributed by atoms with E-state index in [2.05, 4.69) is 5.43 Å². The molecule has 2 amide bonds. The standard InChI is InChI=1S/C16H14N4O2/c17-10-12-6-8-14(9-7-12)20-16(22)19(15(21)18-20)11-13-4-2-1-3-5-13/h1-9,15,18,21H,11H2. The predicted molar refractivity (Wildman–Crippen MR) is 80.2 cm³/mol. The molecule has 1 aliphatic heterocycles. The van der Waals surface area contributed by atoms with Crippen molar-refractivity contribution < 1.29 is 9.90 Å². The molecule has 1 heterocycles. The number of benzene rings is 2. The maximum Gasteiger partial charge on any atom is 0.342 e. The van der Waals surface area contributed by atoms with Crippen LogP contribution in [0.3, 0.4) is 0 Å². The van der Waals surface area contributed by atoms with Gasteiger partial charge in [0.05, 0.1) is 23.9 Å². The molecular weight excluding hydrogens is 280 g/mol. The number of carbonyl (C=O) groups is 1. The smallest absolute Gasteiger partial charge is 0.342 e. The minimum atomic E-state index is -1.09. The highest BCUT2D eigenvalue weighted by molar-refractivity contribution is 5.93. The average molecular weight is 294 g/mol. The van der Waals surface area contributed by atoms with Gasteiger partial charge in [-0.25, -0.2) is 9.80 Å². The molecule has 2 aromatic carbocycles. The fourth-order valence-electron chi connectivity index (χ4n) is 2.28. The zero-order valence-corrected chi connectivity index (χ0v) is 11.7. The molecule has 6 nitrogen and oxygen atoms in total. The van der Waals surface area contributed by atoms with Crippen LogP contribution in [0.1, 0.15) is 11.1 Å². The first-order valence-electron chi connectivity index (χ1n) is 6.78. The summed E-state index contributed by atoms with van der Waals surface area (Å²) in [6.45, 7) is 0.306. The van der Waals surface area contributed by atoms with E-state index in [-0.39, 0.29) is 6.03 Å². The van der Waals surface area contributed by atoms with Gasteiger partial charge in [-0.2, -0.15) is 10.7 Å². The van der Waals surface area contributed by atoms with E-state index in [1.54, 1.807) is 24.3 Å². The lowest BCUT2D eigenvalue weighted by Gasteiger charge is -2.18. The van der Waals surface area contributed by atoms with E-state index < -0.39 is 6.35 Å². The summed E-state index contributed by atoms with van der Waals surface area (Å²) in [5.74, 6) is 0. The number of carbonyl (C=O) groups excluding carboxylic acids is 1. The molecule has 0 bridgehead atoms. The highest BCUT2D eigenvalue weighted by atomic mass is 16.3. The van der Waals surface area contributed by atoms with E-state index in [1.807, 2.05) is 36.4 Å². The third-order valence-corrected chi connectivity index (χ3v) is 3.43. The monoisotopic (exact) mass is 294 g/mol. The van der Waals surface area contributed by atoms with Crippen LogP contribution in [-0.2, 0) is 6.54 Å². The van der Waals surface area contributed by atoms with Gasteiger partial charge in [-0.3, -0.25) is 4.90 Å². The van der Waals surface area contributed by atoms with E-state index in [4.69, 9.17) is 5.26 Å². The number of anilines is 1. The van der Waals surface area contributed by atoms with Crippen molar-refractivity contribution in [1.82, 2.24) is 10.3 Å². The lowest BCUT2D eigenvalue weighted by Crippen LogP contribution is -2.37. The summed E-state index contributed by atoms with van der Waals surface area (Å²) in [5, 5.41) is 20.1. The fourth-order valence-corrected chi connectivity index (χ4v) is 2.28. The molecule has 0 aromatic heterocycles. The Labute approximate surface area is 127 Å². The van der Waals surface area contributed by atoms with Gasteiger partial charge in [0.2, 0.25) is 6.35 Å². The van der Waals surface area contributed by atoms with Gasteiger partial charge in [-0.1, -0.05) is 30.3 Å². The van der Waals surface area contributed by atoms with Crippen molar-refractivity contribution in [2.24, 2.45) is 0 Å². The maximum atomic E-state index is 12.4. The molecule has 110 valence electrons. The Morgan fingerprint density at radius 3 is 2.45 bits per heavy atom. The number of nitrogens with one attached hydrogen (secondary N) is 1. The molecule has 6 heteroatoms. The summed E-state index contributed by atoms with van der Waals surface area (Å²) in [5.41, 5.74) is 4.72. The Kier molecular flexibility index (Phi) is 3.74. The first-order chi connectivity index (χ1) is 10.7. The van der Waals surface area contributed by atoms with E-state index in [9.17, 15) is 9.90 Å². The Hall–Kier alpha value is -2.88. The molecule has 0 spiro atoms. The Balaban J connectivity index is 1.78. The lowest BCUT2D eigenvalue weighted by molar-refractivity contribution is 0.0329. The number of rotatable bonds is 3. The third-order valence-electron chi connectivity index (χ3n) is 3.43. The SMILES string of the molecule is N#Cc1ccc(N2NC(O)N(Cc3ccccc3)C2=O)cc1. The zero-order valence-electron chi connectivity index (χ0n) is 11.7. The Morgan fingerprint density at radius 1 is 1.14 bits per heavy atom. The van der Waals surface area contributed by atoms with Gasteiger partial charge in [-0.05, 0) is 29.8 Å². The number of hydrogen-bond donors (Lipinski definition) is 2. The summed E-state index contributed by atoms with van der Waals surface area (Å²) < 4.78 is 0. The molecule has 1 fully saturated rings. The van der Waals surface area contributed by atoms with Gasteiger partial charge < -0.3 is 5.11 Å². The van der Waals surface area contributed by atoms with Gasteiger partial charge in [0.25, 0.3) is 0 Å². The summed E-state index contributed by atoms with van der Waals surface area (Å²) in [4.78, 5) is 13.8. The second-order valence-electron chi connectivity index (χ2n) is 4.89. The first kappa shape index (κ1) is 14.1. The minimum absolute atomic E-state index is 0.306. The highest BCUT2D eigenvalue weighted by Crippen LogP contribution is 2.21. The number of hydrazine groups is 1. The van der Waals surface area contributed by atoms with Gasteiger partial charge in [0, 0.05) is 0 Å². The van der Waals surface area contributed by atoms with Crippen LogP contribution in [-0.4, -0.2) is 22.4 Å². The van der Waals surface area contributed by atoms with Crippen LogP contribution in [0, 0.1) is 11.3 Å². The number of aliphatic hydroxyl groups is 1.